The highest BCUT2D eigenvalue weighted by atomic mass is 16.4. The molecule has 110 valence electrons. The van der Waals surface area contributed by atoms with Gasteiger partial charge >= 0.3 is 5.97 Å². The summed E-state index contributed by atoms with van der Waals surface area (Å²) in [7, 11) is 0. The van der Waals surface area contributed by atoms with Crippen LogP contribution in [0.15, 0.2) is 24.3 Å². The number of carboxylic acid groups (broad SMARTS) is 1. The monoisotopic (exact) mass is 275 g/mol. The van der Waals surface area contributed by atoms with Crippen molar-refractivity contribution in [3.05, 3.63) is 35.4 Å². The van der Waals surface area contributed by atoms with Gasteiger partial charge in [0.2, 0.25) is 0 Å². The molecule has 0 saturated carbocycles. The molecule has 0 spiro atoms. The van der Waals surface area contributed by atoms with Gasteiger partial charge in [-0.2, -0.15) is 0 Å². The lowest BCUT2D eigenvalue weighted by atomic mass is 9.98. The predicted octanol–water partition coefficient (Wildman–Crippen LogP) is 3.33. The van der Waals surface area contributed by atoms with E-state index in [2.05, 4.69) is 24.0 Å². The molecule has 1 atom stereocenters. The lowest BCUT2D eigenvalue weighted by molar-refractivity contribution is -0.136. The zero-order chi connectivity index (χ0) is 14.4. The van der Waals surface area contributed by atoms with E-state index in [1.807, 2.05) is 12.1 Å². The third-order valence-electron chi connectivity index (χ3n) is 4.30. The Morgan fingerprint density at radius 3 is 2.55 bits per heavy atom. The highest BCUT2D eigenvalue weighted by molar-refractivity contribution is 5.70. The molecule has 1 aliphatic rings. The second-order valence-electron chi connectivity index (χ2n) is 5.87. The van der Waals surface area contributed by atoms with Gasteiger partial charge in [0, 0.05) is 6.54 Å². The summed E-state index contributed by atoms with van der Waals surface area (Å²) in [5.41, 5.74) is 2.16. The fourth-order valence-electron chi connectivity index (χ4n) is 2.99. The summed E-state index contributed by atoms with van der Waals surface area (Å²) in [5, 5.41) is 8.77. The van der Waals surface area contributed by atoms with Gasteiger partial charge in [-0.1, -0.05) is 37.6 Å². The van der Waals surface area contributed by atoms with Crippen LogP contribution < -0.4 is 0 Å². The normalized spacial score (nSPS) is 20.6. The first-order valence-corrected chi connectivity index (χ1v) is 7.69. The lowest BCUT2D eigenvalue weighted by Gasteiger charge is -2.20. The molecule has 0 aromatic heterocycles. The molecule has 0 amide bonds. The molecule has 1 aromatic carbocycles. The second-order valence-corrected chi connectivity index (χ2v) is 5.87. The van der Waals surface area contributed by atoms with Crippen molar-refractivity contribution in [2.75, 3.05) is 13.1 Å². The minimum absolute atomic E-state index is 0.113. The number of nitrogens with zero attached hydrogens (tertiary/aromatic N) is 1. The molecule has 1 heterocycles. The Hall–Kier alpha value is -1.35. The van der Waals surface area contributed by atoms with E-state index in [-0.39, 0.29) is 6.42 Å². The van der Waals surface area contributed by atoms with Crippen LogP contribution in [0.4, 0.5) is 0 Å². The van der Waals surface area contributed by atoms with Gasteiger partial charge in [0.25, 0.3) is 0 Å². The molecule has 1 unspecified atom stereocenters. The molecular formula is C17H25NO2. The van der Waals surface area contributed by atoms with Gasteiger partial charge in [-0.15, -0.1) is 0 Å². The number of hydrogen-bond donors (Lipinski definition) is 1. The molecule has 2 rings (SSSR count). The maximum absolute atomic E-state index is 10.7. The molecule has 1 N–H and O–H groups in total. The Kier molecular flexibility index (Phi) is 5.60. The number of benzene rings is 1. The topological polar surface area (TPSA) is 40.5 Å². The number of rotatable bonds is 5. The second kappa shape index (κ2) is 7.44. The van der Waals surface area contributed by atoms with Gasteiger partial charge in [0.15, 0.2) is 0 Å². The highest BCUT2D eigenvalue weighted by Crippen LogP contribution is 2.21. The summed E-state index contributed by atoms with van der Waals surface area (Å²) in [6.07, 6.45) is 5.40. The zero-order valence-corrected chi connectivity index (χ0v) is 12.3. The molecule has 0 bridgehead atoms. The van der Waals surface area contributed by atoms with Crippen LogP contribution in [0.1, 0.15) is 43.7 Å². The maximum atomic E-state index is 10.7. The molecule has 20 heavy (non-hydrogen) atoms. The number of carboxylic acids is 1. The summed E-state index contributed by atoms with van der Waals surface area (Å²) in [4.78, 5) is 13.2. The average Bonchev–Trinajstić information content (AvgIpc) is 2.65. The first-order chi connectivity index (χ1) is 9.67. The summed E-state index contributed by atoms with van der Waals surface area (Å²) in [6, 6.07) is 8.02. The van der Waals surface area contributed by atoms with Crippen LogP contribution in [0.3, 0.4) is 0 Å². The van der Waals surface area contributed by atoms with E-state index in [0.717, 1.165) is 18.0 Å². The number of likely N-dealkylation sites (tertiary alicyclic amines) is 1. The van der Waals surface area contributed by atoms with Crippen molar-refractivity contribution < 1.29 is 9.90 Å². The van der Waals surface area contributed by atoms with E-state index in [9.17, 15) is 4.79 Å². The molecule has 1 aliphatic heterocycles. The van der Waals surface area contributed by atoms with Crippen LogP contribution in [0, 0.1) is 5.92 Å². The smallest absolute Gasteiger partial charge is 0.307 e. The van der Waals surface area contributed by atoms with Crippen LogP contribution >= 0.6 is 0 Å². The van der Waals surface area contributed by atoms with Crippen molar-refractivity contribution in [1.82, 2.24) is 4.90 Å². The molecule has 1 aromatic rings. The molecule has 3 nitrogen and oxygen atoms in total. The van der Waals surface area contributed by atoms with Crippen molar-refractivity contribution in [3.63, 3.8) is 0 Å². The van der Waals surface area contributed by atoms with Crippen LogP contribution in [0.2, 0.25) is 0 Å². The summed E-state index contributed by atoms with van der Waals surface area (Å²) in [5.74, 6) is 0.133. The largest absolute Gasteiger partial charge is 0.481 e. The van der Waals surface area contributed by atoms with E-state index in [1.165, 1.54) is 44.3 Å². The number of hydrogen-bond acceptors (Lipinski definition) is 2. The average molecular weight is 275 g/mol. The Bertz CT molecular complexity index is 427. The van der Waals surface area contributed by atoms with E-state index >= 15 is 0 Å². The summed E-state index contributed by atoms with van der Waals surface area (Å²) < 4.78 is 0. The Labute approximate surface area is 121 Å². The molecule has 1 saturated heterocycles. The van der Waals surface area contributed by atoms with Crippen LogP contribution in [-0.2, 0) is 17.8 Å². The minimum atomic E-state index is -0.768. The third-order valence-corrected chi connectivity index (χ3v) is 4.30. The van der Waals surface area contributed by atoms with Crippen LogP contribution in [0.5, 0.6) is 0 Å². The van der Waals surface area contributed by atoms with Crippen LogP contribution in [0.25, 0.3) is 0 Å². The zero-order valence-electron chi connectivity index (χ0n) is 12.3. The molecular weight excluding hydrogens is 250 g/mol. The van der Waals surface area contributed by atoms with E-state index in [1.54, 1.807) is 0 Å². The van der Waals surface area contributed by atoms with Gasteiger partial charge in [-0.25, -0.2) is 0 Å². The van der Waals surface area contributed by atoms with Crippen molar-refractivity contribution in [2.45, 2.75) is 45.6 Å². The number of aliphatic carboxylic acids is 1. The van der Waals surface area contributed by atoms with Gasteiger partial charge in [-0.05, 0) is 49.4 Å². The maximum Gasteiger partial charge on any atom is 0.307 e. The van der Waals surface area contributed by atoms with Crippen molar-refractivity contribution in [3.8, 4) is 0 Å². The van der Waals surface area contributed by atoms with Gasteiger partial charge in [-0.3, -0.25) is 9.69 Å². The van der Waals surface area contributed by atoms with Crippen molar-refractivity contribution in [2.24, 2.45) is 5.92 Å². The van der Waals surface area contributed by atoms with Crippen LogP contribution in [-0.4, -0.2) is 29.1 Å². The highest BCUT2D eigenvalue weighted by Gasteiger charge is 2.15. The predicted molar refractivity (Wildman–Crippen MR) is 80.7 cm³/mol. The Morgan fingerprint density at radius 1 is 1.20 bits per heavy atom. The van der Waals surface area contributed by atoms with E-state index in [0.29, 0.717) is 0 Å². The van der Waals surface area contributed by atoms with E-state index < -0.39 is 5.97 Å². The molecule has 0 aliphatic carbocycles. The Balaban J connectivity index is 1.88. The first-order valence-electron chi connectivity index (χ1n) is 7.69. The SMILES string of the molecule is CCC1CCCN(Cc2ccc(CC(=O)O)cc2)CC1. The minimum Gasteiger partial charge on any atom is -0.481 e. The summed E-state index contributed by atoms with van der Waals surface area (Å²) in [6.45, 7) is 5.66. The summed E-state index contributed by atoms with van der Waals surface area (Å²) >= 11 is 0. The number of carbonyl (C=O) groups is 1. The van der Waals surface area contributed by atoms with E-state index in [4.69, 9.17) is 5.11 Å². The lowest BCUT2D eigenvalue weighted by Crippen LogP contribution is -2.24. The molecule has 1 fully saturated rings. The van der Waals surface area contributed by atoms with Gasteiger partial charge < -0.3 is 5.11 Å². The standard InChI is InChI=1S/C17H25NO2/c1-2-14-4-3-10-18(11-9-14)13-16-7-5-15(6-8-16)12-17(19)20/h5-8,14H,2-4,9-13H2,1H3,(H,19,20). The quantitative estimate of drug-likeness (QED) is 0.896. The first kappa shape index (κ1) is 15.0. The Morgan fingerprint density at radius 2 is 1.90 bits per heavy atom. The molecule has 0 radical (unpaired) electrons. The van der Waals surface area contributed by atoms with Crippen molar-refractivity contribution in [1.29, 1.82) is 0 Å². The van der Waals surface area contributed by atoms with Crippen molar-refractivity contribution >= 4 is 5.97 Å². The molecule has 3 heteroatoms. The van der Waals surface area contributed by atoms with Gasteiger partial charge in [0.05, 0.1) is 6.42 Å². The van der Waals surface area contributed by atoms with Gasteiger partial charge in [0.1, 0.15) is 0 Å². The fraction of sp³-hybridized carbons (Fsp3) is 0.588. The fourth-order valence-corrected chi connectivity index (χ4v) is 2.99. The third kappa shape index (κ3) is 4.64.